The van der Waals surface area contributed by atoms with Gasteiger partial charge in [0, 0.05) is 18.5 Å². The van der Waals surface area contributed by atoms with Crippen molar-refractivity contribution >= 4 is 5.97 Å². The van der Waals surface area contributed by atoms with Crippen LogP contribution in [0.1, 0.15) is 12.5 Å². The number of esters is 1. The van der Waals surface area contributed by atoms with Crippen LogP contribution in [0.5, 0.6) is 11.5 Å². The molecule has 0 fully saturated rings. The third kappa shape index (κ3) is 5.54. The zero-order valence-corrected chi connectivity index (χ0v) is 13.8. The number of likely N-dealkylation sites (N-methyl/N-ethyl adjacent to an activating group) is 1. The van der Waals surface area contributed by atoms with E-state index in [-0.39, 0.29) is 0 Å². The van der Waals surface area contributed by atoms with Gasteiger partial charge in [0.25, 0.3) is 0 Å². The molecule has 1 atom stereocenters. The molecule has 1 aromatic rings. The van der Waals surface area contributed by atoms with Gasteiger partial charge in [-0.05, 0) is 27.1 Å². The van der Waals surface area contributed by atoms with E-state index in [0.29, 0.717) is 31.1 Å². The molecule has 6 heteroatoms. The number of ether oxygens (including phenoxy) is 3. The van der Waals surface area contributed by atoms with Crippen LogP contribution in [0.2, 0.25) is 0 Å². The van der Waals surface area contributed by atoms with Crippen LogP contribution in [-0.4, -0.2) is 57.9 Å². The highest BCUT2D eigenvalue weighted by atomic mass is 16.5. The highest BCUT2D eigenvalue weighted by Crippen LogP contribution is 2.31. The molecule has 124 valence electrons. The molecule has 1 aromatic carbocycles. The molecule has 1 unspecified atom stereocenters. The van der Waals surface area contributed by atoms with Crippen LogP contribution in [-0.2, 0) is 16.0 Å². The highest BCUT2D eigenvalue weighted by molar-refractivity contribution is 5.76. The number of hydrogen-bond donors (Lipinski definition) is 1. The Morgan fingerprint density at radius 1 is 1.36 bits per heavy atom. The summed E-state index contributed by atoms with van der Waals surface area (Å²) >= 11 is 0. The maximum atomic E-state index is 11.7. The molecule has 0 aliphatic heterocycles. The van der Waals surface area contributed by atoms with Crippen LogP contribution < -0.4 is 15.2 Å². The van der Waals surface area contributed by atoms with E-state index in [1.165, 1.54) is 0 Å². The quantitative estimate of drug-likeness (QED) is 0.688. The van der Waals surface area contributed by atoms with Gasteiger partial charge in [-0.2, -0.15) is 0 Å². The lowest BCUT2D eigenvalue weighted by atomic mass is 10.0. The fourth-order valence-corrected chi connectivity index (χ4v) is 1.95. The Morgan fingerprint density at radius 2 is 2.09 bits per heavy atom. The van der Waals surface area contributed by atoms with Gasteiger partial charge in [-0.15, -0.1) is 0 Å². The van der Waals surface area contributed by atoms with E-state index in [4.69, 9.17) is 19.9 Å². The number of methoxy groups -OCH3 is 1. The second kappa shape index (κ2) is 9.27. The van der Waals surface area contributed by atoms with E-state index >= 15 is 0 Å². The average Bonchev–Trinajstić information content (AvgIpc) is 2.48. The lowest BCUT2D eigenvalue weighted by Crippen LogP contribution is -2.34. The van der Waals surface area contributed by atoms with Crippen LogP contribution in [0.15, 0.2) is 18.2 Å². The molecule has 0 aliphatic carbocycles. The van der Waals surface area contributed by atoms with E-state index in [9.17, 15) is 4.79 Å². The van der Waals surface area contributed by atoms with E-state index in [2.05, 4.69) is 0 Å². The van der Waals surface area contributed by atoms with E-state index < -0.39 is 12.0 Å². The van der Waals surface area contributed by atoms with Gasteiger partial charge in [0.2, 0.25) is 0 Å². The number of nitrogens with two attached hydrogens (primary N) is 1. The fraction of sp³-hybridized carbons (Fsp3) is 0.562. The molecule has 0 aromatic heterocycles. The van der Waals surface area contributed by atoms with Gasteiger partial charge in [-0.25, -0.2) is 0 Å². The van der Waals surface area contributed by atoms with Crippen molar-refractivity contribution in [3.63, 3.8) is 0 Å². The monoisotopic (exact) mass is 310 g/mol. The molecule has 0 saturated heterocycles. The van der Waals surface area contributed by atoms with Gasteiger partial charge in [0.05, 0.1) is 13.7 Å². The first kappa shape index (κ1) is 18.3. The third-order valence-corrected chi connectivity index (χ3v) is 3.09. The minimum Gasteiger partial charge on any atom is -0.493 e. The molecular formula is C16H26N2O4. The summed E-state index contributed by atoms with van der Waals surface area (Å²) in [4.78, 5) is 13.7. The molecule has 0 saturated carbocycles. The minimum absolute atomic E-state index is 0.316. The third-order valence-electron chi connectivity index (χ3n) is 3.09. The van der Waals surface area contributed by atoms with Crippen molar-refractivity contribution in [3.05, 3.63) is 23.8 Å². The first-order valence-electron chi connectivity index (χ1n) is 7.35. The van der Waals surface area contributed by atoms with Crippen molar-refractivity contribution in [2.45, 2.75) is 19.4 Å². The molecule has 22 heavy (non-hydrogen) atoms. The first-order chi connectivity index (χ1) is 10.5. The Kier molecular flexibility index (Phi) is 7.70. The standard InChI is InChI=1S/C16H26N2O4/c1-5-21-16(19)13(17)11-12-7-6-8-14(20-4)15(12)22-10-9-18(2)3/h6-8,13H,5,9-11,17H2,1-4H3. The summed E-state index contributed by atoms with van der Waals surface area (Å²) in [6.07, 6.45) is 0.341. The number of carbonyl (C=O) groups is 1. The van der Waals surface area contributed by atoms with Crippen molar-refractivity contribution < 1.29 is 19.0 Å². The molecule has 0 heterocycles. The zero-order valence-electron chi connectivity index (χ0n) is 13.8. The molecule has 0 amide bonds. The molecule has 6 nitrogen and oxygen atoms in total. The van der Waals surface area contributed by atoms with Crippen LogP contribution >= 0.6 is 0 Å². The molecule has 0 radical (unpaired) electrons. The van der Waals surface area contributed by atoms with Gasteiger partial charge in [0.1, 0.15) is 12.6 Å². The second-order valence-corrected chi connectivity index (χ2v) is 5.16. The Hall–Kier alpha value is -1.79. The number of hydrogen-bond acceptors (Lipinski definition) is 6. The number of rotatable bonds is 9. The summed E-state index contributed by atoms with van der Waals surface area (Å²) in [5.41, 5.74) is 6.73. The van der Waals surface area contributed by atoms with Crippen molar-refractivity contribution in [1.82, 2.24) is 4.90 Å². The Bertz CT molecular complexity index is 477. The zero-order chi connectivity index (χ0) is 16.5. The molecule has 0 aliphatic rings. The maximum Gasteiger partial charge on any atom is 0.323 e. The van der Waals surface area contributed by atoms with Crippen molar-refractivity contribution in [2.24, 2.45) is 5.73 Å². The van der Waals surface area contributed by atoms with Crippen molar-refractivity contribution in [1.29, 1.82) is 0 Å². The average molecular weight is 310 g/mol. The smallest absolute Gasteiger partial charge is 0.323 e. The topological polar surface area (TPSA) is 74.0 Å². The molecule has 0 bridgehead atoms. The largest absolute Gasteiger partial charge is 0.493 e. The number of para-hydroxylation sites is 1. The molecular weight excluding hydrogens is 284 g/mol. The highest BCUT2D eigenvalue weighted by Gasteiger charge is 2.19. The normalized spacial score (nSPS) is 12.1. The van der Waals surface area contributed by atoms with E-state index in [0.717, 1.165) is 12.1 Å². The predicted molar refractivity (Wildman–Crippen MR) is 85.4 cm³/mol. The SMILES string of the molecule is CCOC(=O)C(N)Cc1cccc(OC)c1OCCN(C)C. The predicted octanol–water partition coefficient (Wildman–Crippen LogP) is 1.07. The lowest BCUT2D eigenvalue weighted by molar-refractivity contribution is -0.144. The number of benzene rings is 1. The number of nitrogens with zero attached hydrogens (tertiary/aromatic N) is 1. The molecule has 2 N–H and O–H groups in total. The van der Waals surface area contributed by atoms with Crippen molar-refractivity contribution in [3.8, 4) is 11.5 Å². The Labute approximate surface area is 132 Å². The summed E-state index contributed by atoms with van der Waals surface area (Å²) in [6, 6.07) is 4.84. The van der Waals surface area contributed by atoms with Crippen LogP contribution in [0, 0.1) is 0 Å². The minimum atomic E-state index is -0.719. The fourth-order valence-electron chi connectivity index (χ4n) is 1.95. The van der Waals surface area contributed by atoms with Crippen molar-refractivity contribution in [2.75, 3.05) is 41.0 Å². The van der Waals surface area contributed by atoms with Gasteiger partial charge in [-0.1, -0.05) is 12.1 Å². The van der Waals surface area contributed by atoms with Crippen LogP contribution in [0.4, 0.5) is 0 Å². The van der Waals surface area contributed by atoms with E-state index in [1.807, 2.05) is 37.2 Å². The summed E-state index contributed by atoms with van der Waals surface area (Å²) in [6.45, 7) is 3.37. The summed E-state index contributed by atoms with van der Waals surface area (Å²) in [5.74, 6) is 0.850. The second-order valence-electron chi connectivity index (χ2n) is 5.16. The first-order valence-corrected chi connectivity index (χ1v) is 7.35. The van der Waals surface area contributed by atoms with Gasteiger partial charge >= 0.3 is 5.97 Å². The summed E-state index contributed by atoms with van der Waals surface area (Å²) < 4.78 is 16.1. The Balaban J connectivity index is 2.86. The Morgan fingerprint density at radius 3 is 2.68 bits per heavy atom. The summed E-state index contributed by atoms with van der Waals surface area (Å²) in [5, 5.41) is 0. The van der Waals surface area contributed by atoms with Gasteiger partial charge in [0.15, 0.2) is 11.5 Å². The van der Waals surface area contributed by atoms with E-state index in [1.54, 1.807) is 14.0 Å². The number of carbonyl (C=O) groups excluding carboxylic acids is 1. The van der Waals surface area contributed by atoms with Gasteiger partial charge < -0.3 is 24.8 Å². The van der Waals surface area contributed by atoms with Gasteiger partial charge in [-0.3, -0.25) is 4.79 Å². The molecule has 0 spiro atoms. The lowest BCUT2D eigenvalue weighted by Gasteiger charge is -2.18. The van der Waals surface area contributed by atoms with Crippen LogP contribution in [0.3, 0.4) is 0 Å². The maximum absolute atomic E-state index is 11.7. The van der Waals surface area contributed by atoms with Crippen LogP contribution in [0.25, 0.3) is 0 Å². The molecule has 1 rings (SSSR count). The summed E-state index contributed by atoms with van der Waals surface area (Å²) in [7, 11) is 5.54.